The number of rotatable bonds is 4. The Morgan fingerprint density at radius 3 is 2.58 bits per heavy atom. The van der Waals surface area contributed by atoms with Gasteiger partial charge in [0.15, 0.2) is 0 Å². The van der Waals surface area contributed by atoms with Gasteiger partial charge in [-0.3, -0.25) is 4.98 Å². The Morgan fingerprint density at radius 2 is 1.92 bits per heavy atom. The maximum atomic E-state index is 11.0. The number of carbonyl (C=O) groups excluding carboxylic acids is 1. The summed E-state index contributed by atoms with van der Waals surface area (Å²) in [6, 6.07) is 11.2. The average molecular weight is 317 g/mol. The lowest BCUT2D eigenvalue weighted by Crippen LogP contribution is -2.03. The van der Waals surface area contributed by atoms with E-state index in [0.717, 1.165) is 22.4 Å². The molecule has 4 rings (SSSR count). The topological polar surface area (TPSA) is 109 Å². The molecule has 0 unspecified atom stereocenters. The van der Waals surface area contributed by atoms with Crippen molar-refractivity contribution in [3.8, 4) is 22.5 Å². The highest BCUT2D eigenvalue weighted by atomic mass is 16.2. The lowest BCUT2D eigenvalue weighted by molar-refractivity contribution is 0.257. The third-order valence-electron chi connectivity index (χ3n) is 3.57. The number of hydrogen-bond donors (Lipinski definition) is 1. The van der Waals surface area contributed by atoms with E-state index in [1.165, 1.54) is 6.21 Å². The van der Waals surface area contributed by atoms with Crippen LogP contribution in [0, 0.1) is 0 Å². The van der Waals surface area contributed by atoms with Crippen LogP contribution in [0.5, 0.6) is 0 Å². The third-order valence-corrected chi connectivity index (χ3v) is 3.57. The maximum absolute atomic E-state index is 11.0. The van der Waals surface area contributed by atoms with Crippen LogP contribution in [-0.4, -0.2) is 43.6 Å². The fraction of sp³-hybridized carbons (Fsp3) is 0.0625. The van der Waals surface area contributed by atoms with Gasteiger partial charge in [0.05, 0.1) is 11.9 Å². The summed E-state index contributed by atoms with van der Waals surface area (Å²) in [6.45, 7) is 0. The van der Waals surface area contributed by atoms with Crippen molar-refractivity contribution in [3.05, 3.63) is 48.3 Å². The minimum atomic E-state index is -0.462. The van der Waals surface area contributed by atoms with Crippen molar-refractivity contribution in [3.63, 3.8) is 0 Å². The smallest absolute Gasteiger partial charge is 0.260 e. The van der Waals surface area contributed by atoms with Gasteiger partial charge in [0.2, 0.25) is 5.82 Å². The number of aromatic nitrogens is 5. The van der Waals surface area contributed by atoms with E-state index in [1.807, 2.05) is 36.4 Å². The summed E-state index contributed by atoms with van der Waals surface area (Å²) in [5.41, 5.74) is 4.21. The number of aromatic amines is 1. The van der Waals surface area contributed by atoms with Gasteiger partial charge in [-0.25, -0.2) is 4.79 Å². The molecule has 2 aromatic heterocycles. The molecule has 0 radical (unpaired) electrons. The van der Waals surface area contributed by atoms with Gasteiger partial charge < -0.3 is 0 Å². The number of nitrogens with zero attached hydrogens (tertiary/aromatic N) is 6. The fourth-order valence-corrected chi connectivity index (χ4v) is 2.48. The van der Waals surface area contributed by atoms with E-state index in [9.17, 15) is 4.79 Å². The van der Waals surface area contributed by atoms with Crippen LogP contribution in [0.1, 0.15) is 5.69 Å². The van der Waals surface area contributed by atoms with E-state index in [0.29, 0.717) is 18.0 Å². The molecule has 3 aromatic rings. The highest BCUT2D eigenvalue weighted by Crippen LogP contribution is 2.29. The Balaban J connectivity index is 1.63. The molecule has 0 spiro atoms. The minimum absolute atomic E-state index is 0.462. The lowest BCUT2D eigenvalue weighted by atomic mass is 10.0. The van der Waals surface area contributed by atoms with E-state index in [4.69, 9.17) is 0 Å². The largest absolute Gasteiger partial charge is 0.367 e. The van der Waals surface area contributed by atoms with E-state index in [-0.39, 0.29) is 0 Å². The molecule has 8 heteroatoms. The number of urea groups is 1. The second kappa shape index (κ2) is 5.92. The third kappa shape index (κ3) is 2.72. The zero-order chi connectivity index (χ0) is 16.4. The average Bonchev–Trinajstić information content (AvgIpc) is 3.28. The van der Waals surface area contributed by atoms with Crippen molar-refractivity contribution < 1.29 is 4.79 Å². The van der Waals surface area contributed by atoms with Crippen LogP contribution in [0.2, 0.25) is 0 Å². The van der Waals surface area contributed by atoms with E-state index in [1.54, 1.807) is 6.20 Å². The Labute approximate surface area is 136 Å². The first-order valence-electron chi connectivity index (χ1n) is 7.23. The van der Waals surface area contributed by atoms with Gasteiger partial charge in [-0.1, -0.05) is 30.3 Å². The van der Waals surface area contributed by atoms with Crippen molar-refractivity contribution in [2.45, 2.75) is 6.42 Å². The predicted molar refractivity (Wildman–Crippen MR) is 87.9 cm³/mol. The molecule has 0 aliphatic carbocycles. The summed E-state index contributed by atoms with van der Waals surface area (Å²) in [7, 11) is 0. The van der Waals surface area contributed by atoms with Gasteiger partial charge in [0.1, 0.15) is 0 Å². The molecule has 0 bridgehead atoms. The summed E-state index contributed by atoms with van der Waals surface area (Å²) in [4.78, 5) is 22.9. The quantitative estimate of drug-likeness (QED) is 0.792. The highest BCUT2D eigenvalue weighted by Gasteiger charge is 2.12. The van der Waals surface area contributed by atoms with Gasteiger partial charge in [0, 0.05) is 29.4 Å². The molecular weight excluding hydrogens is 306 g/mol. The molecule has 1 aromatic carbocycles. The molecule has 1 aliphatic rings. The first-order valence-corrected chi connectivity index (χ1v) is 7.23. The number of H-pyrrole nitrogens is 1. The van der Waals surface area contributed by atoms with Gasteiger partial charge in [-0.05, 0) is 16.8 Å². The summed E-state index contributed by atoms with van der Waals surface area (Å²) in [5, 5.41) is 14.1. The molecule has 0 saturated carbocycles. The molecule has 2 amide bonds. The van der Waals surface area contributed by atoms with Gasteiger partial charge in [-0.15, -0.1) is 10.2 Å². The molecule has 24 heavy (non-hydrogen) atoms. The number of hydrogen-bond acceptors (Lipinski definition) is 5. The van der Waals surface area contributed by atoms with Crippen molar-refractivity contribution in [1.29, 1.82) is 0 Å². The Hall–Kier alpha value is -3.55. The number of aliphatic imine (C=N–C) groups is 2. The second-order valence-corrected chi connectivity index (χ2v) is 5.14. The first-order chi connectivity index (χ1) is 11.8. The molecule has 0 saturated heterocycles. The normalized spacial score (nSPS) is 13.3. The number of tetrazole rings is 1. The maximum Gasteiger partial charge on any atom is 0.367 e. The van der Waals surface area contributed by atoms with Crippen LogP contribution in [0.4, 0.5) is 4.79 Å². The summed E-state index contributed by atoms with van der Waals surface area (Å²) in [5.74, 6) is 0.532. The van der Waals surface area contributed by atoms with E-state index >= 15 is 0 Å². The van der Waals surface area contributed by atoms with Gasteiger partial charge in [0.25, 0.3) is 0 Å². The first kappa shape index (κ1) is 14.1. The van der Waals surface area contributed by atoms with Crippen LogP contribution < -0.4 is 0 Å². The minimum Gasteiger partial charge on any atom is -0.260 e. The summed E-state index contributed by atoms with van der Waals surface area (Å²) >= 11 is 0. The monoisotopic (exact) mass is 317 g/mol. The molecule has 8 nitrogen and oxygen atoms in total. The molecule has 1 N–H and O–H groups in total. The number of carbonyl (C=O) groups is 1. The van der Waals surface area contributed by atoms with Crippen molar-refractivity contribution in [2.24, 2.45) is 9.98 Å². The number of pyridine rings is 1. The van der Waals surface area contributed by atoms with Gasteiger partial charge in [-0.2, -0.15) is 15.2 Å². The van der Waals surface area contributed by atoms with Crippen LogP contribution >= 0.6 is 0 Å². The van der Waals surface area contributed by atoms with Crippen molar-refractivity contribution in [2.75, 3.05) is 0 Å². The van der Waals surface area contributed by atoms with Gasteiger partial charge >= 0.3 is 6.03 Å². The van der Waals surface area contributed by atoms with Crippen molar-refractivity contribution >= 4 is 18.0 Å². The molecule has 0 fully saturated rings. The molecule has 116 valence electrons. The highest BCUT2D eigenvalue weighted by molar-refractivity contribution is 6.37. The van der Waals surface area contributed by atoms with Crippen LogP contribution in [0.3, 0.4) is 0 Å². The van der Waals surface area contributed by atoms with Crippen molar-refractivity contribution in [1.82, 2.24) is 25.6 Å². The van der Waals surface area contributed by atoms with Crippen LogP contribution in [-0.2, 0) is 6.42 Å². The molecular formula is C16H11N7O. The van der Waals surface area contributed by atoms with Crippen LogP contribution in [0.25, 0.3) is 22.5 Å². The lowest BCUT2D eigenvalue weighted by Gasteiger charge is -2.07. The fourth-order valence-electron chi connectivity index (χ4n) is 2.48. The van der Waals surface area contributed by atoms with E-state index in [2.05, 4.69) is 35.6 Å². The number of nitrogens with one attached hydrogen (secondary N) is 1. The zero-order valence-corrected chi connectivity index (χ0v) is 12.4. The molecule has 1 aliphatic heterocycles. The number of benzene rings is 1. The standard InChI is InChI=1S/C16H11N7O/c24-16-18-9-12(19-16)7-11-6-5-10(8-17-11)13-3-1-2-4-14(13)15-20-22-23-21-15/h1-6,8-9H,7H2,(H,20,21,22,23). The SMILES string of the molecule is O=C1N=CC(Cc2ccc(-c3ccccc3-c3nn[nH]n3)cn2)=N1. The number of amides is 2. The molecule has 3 heterocycles. The Kier molecular flexibility index (Phi) is 3.47. The second-order valence-electron chi connectivity index (χ2n) is 5.14. The predicted octanol–water partition coefficient (Wildman–Crippen LogP) is 2.12. The Bertz CT molecular complexity index is 943. The van der Waals surface area contributed by atoms with E-state index < -0.39 is 6.03 Å². The summed E-state index contributed by atoms with van der Waals surface area (Å²) < 4.78 is 0. The zero-order valence-electron chi connectivity index (χ0n) is 12.4. The van der Waals surface area contributed by atoms with Crippen LogP contribution in [0.15, 0.2) is 52.6 Å². The Morgan fingerprint density at radius 1 is 1.04 bits per heavy atom. The molecule has 0 atom stereocenters. The summed E-state index contributed by atoms with van der Waals surface area (Å²) in [6.07, 6.45) is 3.73.